The van der Waals surface area contributed by atoms with Crippen LogP contribution in [-0.2, 0) is 4.79 Å². The van der Waals surface area contributed by atoms with Crippen LogP contribution in [0.5, 0.6) is 5.75 Å². The molecule has 2 aliphatic rings. The van der Waals surface area contributed by atoms with E-state index in [1.807, 2.05) is 11.8 Å². The zero-order chi connectivity index (χ0) is 29.1. The van der Waals surface area contributed by atoms with Crippen molar-refractivity contribution in [2.24, 2.45) is 5.92 Å². The number of amides is 2. The molecule has 0 bridgehead atoms. The predicted molar refractivity (Wildman–Crippen MR) is 155 cm³/mol. The highest BCUT2D eigenvalue weighted by Crippen LogP contribution is 2.35. The lowest BCUT2D eigenvalue weighted by atomic mass is 9.93. The van der Waals surface area contributed by atoms with E-state index in [-0.39, 0.29) is 42.5 Å². The van der Waals surface area contributed by atoms with Gasteiger partial charge in [0.05, 0.1) is 17.3 Å². The van der Waals surface area contributed by atoms with Crippen LogP contribution in [0.15, 0.2) is 60.8 Å². The Labute approximate surface area is 248 Å². The van der Waals surface area contributed by atoms with Crippen molar-refractivity contribution in [1.29, 1.82) is 0 Å². The number of anilines is 1. The first-order chi connectivity index (χ1) is 19.7. The van der Waals surface area contributed by atoms with Gasteiger partial charge in [0.1, 0.15) is 29.0 Å². The van der Waals surface area contributed by atoms with Crippen molar-refractivity contribution in [3.8, 4) is 5.75 Å². The van der Waals surface area contributed by atoms with Crippen molar-refractivity contribution < 1.29 is 27.5 Å². The van der Waals surface area contributed by atoms with E-state index >= 15 is 0 Å². The zero-order valence-corrected chi connectivity index (χ0v) is 23.2. The summed E-state index contributed by atoms with van der Waals surface area (Å²) in [6.45, 7) is 3.91. The number of hydrogen-bond acceptors (Lipinski definition) is 5. The van der Waals surface area contributed by atoms with E-state index in [4.69, 9.17) is 16.3 Å². The third-order valence-corrected chi connectivity index (χ3v) is 8.14. The molecule has 224 valence electrons. The van der Waals surface area contributed by atoms with Gasteiger partial charge < -0.3 is 19.4 Å². The van der Waals surface area contributed by atoms with Gasteiger partial charge >= 0.3 is 6.09 Å². The maximum absolute atomic E-state index is 14.0. The molecule has 0 unspecified atom stereocenters. The van der Waals surface area contributed by atoms with Gasteiger partial charge in [0.15, 0.2) is 0 Å². The van der Waals surface area contributed by atoms with Gasteiger partial charge in [-0.15, -0.1) is 0 Å². The van der Waals surface area contributed by atoms with Crippen LogP contribution in [0.25, 0.3) is 0 Å². The van der Waals surface area contributed by atoms with Crippen LogP contribution in [0.3, 0.4) is 0 Å². The number of halogens is 4. The Morgan fingerprint density at radius 1 is 1.00 bits per heavy atom. The molecule has 0 N–H and O–H groups in total. The van der Waals surface area contributed by atoms with Crippen LogP contribution >= 0.6 is 11.6 Å². The standard InChI is InChI=1S/C30H30ClF3N4O3.CH4/c1-2-38(30(40)41-23-7-4-21(32)5-8-23)27-18-37(17-24(27)20-3-9-26(34)25(31)15-20)29(39)19-11-13-36(14-12-19)28-10-6-22(33)16-35-28;/h3-10,15-16,19,24,27H,2,11-14,17-18H2,1H3;1H4/t24-,27+;/m0./s1. The van der Waals surface area contributed by atoms with Crippen molar-refractivity contribution in [3.63, 3.8) is 0 Å². The van der Waals surface area contributed by atoms with Crippen molar-refractivity contribution >= 4 is 29.4 Å². The van der Waals surface area contributed by atoms with E-state index < -0.39 is 29.6 Å². The van der Waals surface area contributed by atoms with Crippen LogP contribution in [0, 0.1) is 23.4 Å². The Balaban J connectivity index is 0.00000405. The summed E-state index contributed by atoms with van der Waals surface area (Å²) in [6, 6.07) is 12.1. The number of likely N-dealkylation sites (tertiary alicyclic amines) is 1. The molecular weight excluding hydrogens is 569 g/mol. The van der Waals surface area contributed by atoms with Crippen molar-refractivity contribution in [2.45, 2.75) is 39.2 Å². The molecule has 1 aromatic heterocycles. The number of hydrogen-bond donors (Lipinski definition) is 0. The molecule has 7 nitrogen and oxygen atoms in total. The Morgan fingerprint density at radius 2 is 1.69 bits per heavy atom. The molecule has 5 rings (SSSR count). The van der Waals surface area contributed by atoms with Crippen molar-refractivity contribution in [1.82, 2.24) is 14.8 Å². The second-order valence-corrected chi connectivity index (χ2v) is 10.7. The third kappa shape index (κ3) is 6.81. The molecule has 42 heavy (non-hydrogen) atoms. The zero-order valence-electron chi connectivity index (χ0n) is 22.5. The lowest BCUT2D eigenvalue weighted by Gasteiger charge is -2.34. The minimum absolute atomic E-state index is 0. The number of likely N-dealkylation sites (N-methyl/N-ethyl adjacent to an activating group) is 1. The summed E-state index contributed by atoms with van der Waals surface area (Å²) in [5.74, 6) is -1.10. The fraction of sp³-hybridized carbons (Fsp3) is 0.387. The second kappa shape index (κ2) is 13.5. The van der Waals surface area contributed by atoms with Crippen LogP contribution < -0.4 is 9.64 Å². The van der Waals surface area contributed by atoms with Gasteiger partial charge in [0, 0.05) is 44.6 Å². The fourth-order valence-corrected chi connectivity index (χ4v) is 5.87. The fourth-order valence-electron chi connectivity index (χ4n) is 5.68. The van der Waals surface area contributed by atoms with Gasteiger partial charge in [-0.25, -0.2) is 22.9 Å². The van der Waals surface area contributed by atoms with E-state index in [0.717, 1.165) is 0 Å². The second-order valence-electron chi connectivity index (χ2n) is 10.3. The normalized spacial score (nSPS) is 18.9. The van der Waals surface area contributed by atoms with E-state index in [1.54, 1.807) is 21.9 Å². The molecule has 3 aromatic rings. The number of ether oxygens (including phenoxy) is 1. The molecule has 0 radical (unpaired) electrons. The number of benzene rings is 2. The van der Waals surface area contributed by atoms with Crippen molar-refractivity contribution in [2.75, 3.05) is 37.6 Å². The van der Waals surface area contributed by atoms with Gasteiger partial charge in [-0.2, -0.15) is 0 Å². The average molecular weight is 603 g/mol. The monoisotopic (exact) mass is 602 g/mol. The number of nitrogens with zero attached hydrogens (tertiary/aromatic N) is 4. The lowest BCUT2D eigenvalue weighted by Crippen LogP contribution is -2.47. The molecule has 0 saturated carbocycles. The van der Waals surface area contributed by atoms with E-state index in [9.17, 15) is 22.8 Å². The molecule has 2 amide bonds. The first-order valence-corrected chi connectivity index (χ1v) is 14.0. The van der Waals surface area contributed by atoms with E-state index in [0.29, 0.717) is 50.4 Å². The molecule has 2 aromatic carbocycles. The summed E-state index contributed by atoms with van der Waals surface area (Å²) in [5.41, 5.74) is 0.710. The Morgan fingerprint density at radius 3 is 2.31 bits per heavy atom. The topological polar surface area (TPSA) is 66.0 Å². The molecule has 2 fully saturated rings. The largest absolute Gasteiger partial charge is 0.415 e. The number of carbonyl (C=O) groups is 2. The Kier molecular flexibility index (Phi) is 9.98. The maximum atomic E-state index is 14.0. The highest BCUT2D eigenvalue weighted by atomic mass is 35.5. The molecule has 2 aliphatic heterocycles. The predicted octanol–water partition coefficient (Wildman–Crippen LogP) is 6.52. The van der Waals surface area contributed by atoms with Gasteiger partial charge in [-0.1, -0.05) is 25.1 Å². The van der Waals surface area contributed by atoms with Gasteiger partial charge in [-0.3, -0.25) is 4.79 Å². The van der Waals surface area contributed by atoms with Crippen LogP contribution in [0.2, 0.25) is 5.02 Å². The van der Waals surface area contributed by atoms with E-state index in [2.05, 4.69) is 4.98 Å². The summed E-state index contributed by atoms with van der Waals surface area (Å²) in [7, 11) is 0. The van der Waals surface area contributed by atoms with Crippen LogP contribution in [0.4, 0.5) is 23.8 Å². The maximum Gasteiger partial charge on any atom is 0.415 e. The van der Waals surface area contributed by atoms with Gasteiger partial charge in [0.25, 0.3) is 0 Å². The van der Waals surface area contributed by atoms with Gasteiger partial charge in [0.2, 0.25) is 5.91 Å². The minimum Gasteiger partial charge on any atom is -0.410 e. The smallest absolute Gasteiger partial charge is 0.410 e. The van der Waals surface area contributed by atoms with Gasteiger partial charge in [-0.05, 0) is 73.9 Å². The number of aromatic nitrogens is 1. The molecule has 11 heteroatoms. The summed E-state index contributed by atoms with van der Waals surface area (Å²) < 4.78 is 46.1. The van der Waals surface area contributed by atoms with Crippen LogP contribution in [-0.4, -0.2) is 65.5 Å². The summed E-state index contributed by atoms with van der Waals surface area (Å²) in [4.78, 5) is 36.5. The molecule has 0 spiro atoms. The van der Waals surface area contributed by atoms with E-state index in [1.165, 1.54) is 48.7 Å². The highest BCUT2D eigenvalue weighted by molar-refractivity contribution is 6.30. The molecule has 2 atom stereocenters. The molecule has 2 saturated heterocycles. The third-order valence-electron chi connectivity index (χ3n) is 7.85. The molecule has 0 aliphatic carbocycles. The molecular formula is C31H34ClF3N4O3. The summed E-state index contributed by atoms with van der Waals surface area (Å²) >= 11 is 6.11. The number of piperidine rings is 1. The molecule has 3 heterocycles. The number of pyridine rings is 1. The van der Waals surface area contributed by atoms with Crippen molar-refractivity contribution in [3.05, 3.63) is 88.8 Å². The number of carbonyl (C=O) groups excluding carboxylic acids is 2. The summed E-state index contributed by atoms with van der Waals surface area (Å²) in [6.07, 6.45) is 1.77. The first-order valence-electron chi connectivity index (χ1n) is 13.6. The average Bonchev–Trinajstić information content (AvgIpc) is 3.41. The van der Waals surface area contributed by atoms with Crippen LogP contribution in [0.1, 0.15) is 38.7 Å². The summed E-state index contributed by atoms with van der Waals surface area (Å²) in [5, 5.41) is -0.0373. The Bertz CT molecular complexity index is 1390. The SMILES string of the molecule is C.CCN(C(=O)Oc1ccc(F)cc1)[C@@H]1CN(C(=O)C2CCN(c3ccc(F)cn3)CC2)C[C@H]1c1ccc(F)c(Cl)c1. The minimum atomic E-state index is -0.628. The quantitative estimate of drug-likeness (QED) is 0.321. The Hall–Kier alpha value is -3.79. The lowest BCUT2D eigenvalue weighted by molar-refractivity contribution is -0.135. The first kappa shape index (κ1) is 31.2. The highest BCUT2D eigenvalue weighted by Gasteiger charge is 2.43. The number of rotatable bonds is 6.